The predicted molar refractivity (Wildman–Crippen MR) is 186 cm³/mol. The van der Waals surface area contributed by atoms with E-state index >= 15 is 0 Å². The summed E-state index contributed by atoms with van der Waals surface area (Å²) in [5, 5.41) is 4.99. The molecule has 0 fully saturated rings. The number of para-hydroxylation sites is 1. The molecule has 0 bridgehead atoms. The van der Waals surface area contributed by atoms with Gasteiger partial charge in [0, 0.05) is 34.7 Å². The van der Waals surface area contributed by atoms with E-state index < -0.39 is 0 Å². The fourth-order valence-electron chi connectivity index (χ4n) is 6.42. The van der Waals surface area contributed by atoms with E-state index in [0.29, 0.717) is 17.5 Å². The van der Waals surface area contributed by atoms with Crippen LogP contribution in [0, 0.1) is 12.1 Å². The van der Waals surface area contributed by atoms with Gasteiger partial charge < -0.3 is 9.64 Å². The van der Waals surface area contributed by atoms with Crippen LogP contribution < -0.4 is 9.64 Å². The number of nitrogens with zero attached hydrogens (tertiary/aromatic N) is 4. The molecule has 0 N–H and O–H groups in total. The Morgan fingerprint density at radius 1 is 0.766 bits per heavy atom. The van der Waals surface area contributed by atoms with Gasteiger partial charge >= 0.3 is 21.1 Å². The molecule has 1 aliphatic heterocycles. The van der Waals surface area contributed by atoms with Crippen LogP contribution in [-0.2, 0) is 31.9 Å². The summed E-state index contributed by atoms with van der Waals surface area (Å²) >= 11 is 0. The van der Waals surface area contributed by atoms with E-state index in [1.165, 1.54) is 16.8 Å². The van der Waals surface area contributed by atoms with Crippen molar-refractivity contribution in [2.75, 3.05) is 4.90 Å². The number of ether oxygens (including phenoxy) is 1. The monoisotopic (exact) mass is 797 g/mol. The number of pyridine rings is 1. The quantitative estimate of drug-likeness (QED) is 0.151. The van der Waals surface area contributed by atoms with Crippen molar-refractivity contribution in [3.05, 3.63) is 144 Å². The SMILES string of the molecule is CC(C)c1ccnc(Oc2[c-]c(N(c3[c-]c4c(cc3)C(C)(C)C(C)(C)c3c(-c5ccccc5)cnn3-4)c3ccccc3)ccc2)c1.[Pt+2]. The van der Waals surface area contributed by atoms with E-state index in [1.807, 2.05) is 54.7 Å². The van der Waals surface area contributed by atoms with Gasteiger partial charge in [0.2, 0.25) is 5.88 Å². The van der Waals surface area contributed by atoms with Gasteiger partial charge in [-0.2, -0.15) is 17.2 Å². The predicted octanol–water partition coefficient (Wildman–Crippen LogP) is 10.5. The van der Waals surface area contributed by atoms with E-state index in [9.17, 15) is 0 Å². The van der Waals surface area contributed by atoms with Crippen molar-refractivity contribution in [1.82, 2.24) is 14.8 Å². The first kappa shape index (κ1) is 32.5. The van der Waals surface area contributed by atoms with Crippen molar-refractivity contribution in [3.8, 4) is 28.4 Å². The Kier molecular flexibility index (Phi) is 8.72. The van der Waals surface area contributed by atoms with Crippen molar-refractivity contribution in [3.63, 3.8) is 0 Å². The number of fused-ring (bicyclic) bond motifs is 3. The van der Waals surface area contributed by atoms with Gasteiger partial charge in [-0.25, -0.2) is 4.98 Å². The summed E-state index contributed by atoms with van der Waals surface area (Å²) in [5.41, 5.74) is 9.18. The van der Waals surface area contributed by atoms with Crippen molar-refractivity contribution < 1.29 is 25.8 Å². The average Bonchev–Trinajstić information content (AvgIpc) is 3.52. The molecule has 6 heteroatoms. The molecule has 3 heterocycles. The van der Waals surface area contributed by atoms with E-state index in [2.05, 4.69) is 123 Å². The Morgan fingerprint density at radius 2 is 1.47 bits per heavy atom. The molecule has 7 rings (SSSR count). The number of benzene rings is 4. The molecular formula is C41H38N4OPt. The molecule has 0 saturated carbocycles. The summed E-state index contributed by atoms with van der Waals surface area (Å²) in [7, 11) is 0. The second-order valence-electron chi connectivity index (χ2n) is 13.3. The first-order valence-corrected chi connectivity index (χ1v) is 15.9. The van der Waals surface area contributed by atoms with Gasteiger partial charge in [0.15, 0.2) is 0 Å². The number of anilines is 3. The smallest absolute Gasteiger partial charge is 0.466 e. The number of rotatable bonds is 7. The molecule has 1 aliphatic rings. The average molecular weight is 798 g/mol. The zero-order valence-corrected chi connectivity index (χ0v) is 29.8. The van der Waals surface area contributed by atoms with Crippen molar-refractivity contribution in [2.45, 2.75) is 58.3 Å². The second kappa shape index (κ2) is 12.6. The van der Waals surface area contributed by atoms with Crippen LogP contribution in [0.25, 0.3) is 16.8 Å². The molecule has 0 amide bonds. The normalized spacial score (nSPS) is 14.1. The van der Waals surface area contributed by atoms with Gasteiger partial charge in [-0.15, -0.1) is 35.9 Å². The zero-order chi connectivity index (χ0) is 32.1. The molecule has 0 aliphatic carbocycles. The molecule has 0 radical (unpaired) electrons. The third-order valence-electron chi connectivity index (χ3n) is 9.69. The van der Waals surface area contributed by atoms with Gasteiger partial charge in [0.25, 0.3) is 0 Å². The standard InChI is InChI=1S/C41H38N4O.Pt/c1-28(2)30-22-23-42-38(24-30)46-34-19-13-18-32(25-34)44(31-16-11-8-12-17-31)33-20-21-36-37(26-33)45-39(41(5,6)40(36,3)4)35(27-43-45)29-14-9-7-10-15-29;/h7-24,27-28H,1-6H3;/q-2;+2. The first-order valence-electron chi connectivity index (χ1n) is 15.9. The molecule has 0 spiro atoms. The Morgan fingerprint density at radius 3 is 2.19 bits per heavy atom. The minimum Gasteiger partial charge on any atom is -0.466 e. The van der Waals surface area contributed by atoms with E-state index in [-0.39, 0.29) is 31.9 Å². The van der Waals surface area contributed by atoms with E-state index in [1.54, 1.807) is 6.20 Å². The maximum absolute atomic E-state index is 6.25. The zero-order valence-electron chi connectivity index (χ0n) is 27.6. The van der Waals surface area contributed by atoms with Crippen LogP contribution in [0.2, 0.25) is 0 Å². The summed E-state index contributed by atoms with van der Waals surface area (Å²) in [6, 6.07) is 42.6. The van der Waals surface area contributed by atoms with Crippen LogP contribution in [-0.4, -0.2) is 14.8 Å². The fourth-order valence-corrected chi connectivity index (χ4v) is 6.42. The van der Waals surface area contributed by atoms with Crippen LogP contribution in [0.3, 0.4) is 0 Å². The number of hydrogen-bond donors (Lipinski definition) is 0. The number of aromatic nitrogens is 3. The summed E-state index contributed by atoms with van der Waals surface area (Å²) < 4.78 is 8.35. The Hall–Kier alpha value is -4.47. The summed E-state index contributed by atoms with van der Waals surface area (Å²) in [5.74, 6) is 1.52. The van der Waals surface area contributed by atoms with Crippen LogP contribution in [0.15, 0.2) is 116 Å². The first-order chi connectivity index (χ1) is 22.1. The maximum atomic E-state index is 6.25. The van der Waals surface area contributed by atoms with Crippen LogP contribution >= 0.6 is 0 Å². The summed E-state index contributed by atoms with van der Waals surface area (Å²) in [6.07, 6.45) is 3.80. The molecule has 238 valence electrons. The molecule has 0 unspecified atom stereocenters. The maximum Gasteiger partial charge on any atom is 2.00 e. The van der Waals surface area contributed by atoms with Gasteiger partial charge in [0.1, 0.15) is 0 Å². The molecule has 6 aromatic rings. The minimum atomic E-state index is -0.198. The topological polar surface area (TPSA) is 43.2 Å². The van der Waals surface area contributed by atoms with Gasteiger partial charge in [0.05, 0.1) is 11.9 Å². The molecular weight excluding hydrogens is 760 g/mol. The molecule has 2 aromatic heterocycles. The van der Waals surface area contributed by atoms with Crippen molar-refractivity contribution in [2.24, 2.45) is 0 Å². The van der Waals surface area contributed by atoms with E-state index in [4.69, 9.17) is 9.84 Å². The fraction of sp³-hybridized carbons (Fsp3) is 0.220. The van der Waals surface area contributed by atoms with Gasteiger partial charge in [-0.3, -0.25) is 4.68 Å². The minimum absolute atomic E-state index is 0. The number of hydrogen-bond acceptors (Lipinski definition) is 4. The largest absolute Gasteiger partial charge is 2.00 e. The van der Waals surface area contributed by atoms with Crippen LogP contribution in [0.4, 0.5) is 17.1 Å². The third-order valence-corrected chi connectivity index (χ3v) is 9.69. The molecule has 4 aromatic carbocycles. The molecule has 5 nitrogen and oxygen atoms in total. The van der Waals surface area contributed by atoms with E-state index in [0.717, 1.165) is 33.9 Å². The third kappa shape index (κ3) is 5.72. The second-order valence-corrected chi connectivity index (χ2v) is 13.3. The molecule has 0 saturated heterocycles. The Labute approximate surface area is 292 Å². The molecule has 0 atom stereocenters. The van der Waals surface area contributed by atoms with Crippen molar-refractivity contribution in [1.29, 1.82) is 0 Å². The summed E-state index contributed by atoms with van der Waals surface area (Å²) in [6.45, 7) is 13.6. The van der Waals surface area contributed by atoms with Gasteiger partial charge in [-0.1, -0.05) is 101 Å². The molecule has 47 heavy (non-hydrogen) atoms. The van der Waals surface area contributed by atoms with Crippen LogP contribution in [0.1, 0.15) is 64.3 Å². The van der Waals surface area contributed by atoms with Crippen LogP contribution in [0.5, 0.6) is 11.6 Å². The Bertz CT molecular complexity index is 2010. The van der Waals surface area contributed by atoms with Crippen molar-refractivity contribution >= 4 is 17.1 Å². The van der Waals surface area contributed by atoms with Gasteiger partial charge in [-0.05, 0) is 46.3 Å². The summed E-state index contributed by atoms with van der Waals surface area (Å²) in [4.78, 5) is 6.62. The Balaban J connectivity index is 0.00000386.